The summed E-state index contributed by atoms with van der Waals surface area (Å²) in [5.74, 6) is -0.518. The molecular formula is C18H19FN2O2. The number of aliphatic hydroxyl groups excluding tert-OH is 1. The minimum absolute atomic E-state index is 0.116. The first kappa shape index (κ1) is 16.8. The van der Waals surface area contributed by atoms with Crippen LogP contribution in [-0.4, -0.2) is 34.0 Å². The Hall–Kier alpha value is -2.53. The molecule has 0 spiro atoms. The molecule has 0 unspecified atom stereocenters. The summed E-state index contributed by atoms with van der Waals surface area (Å²) in [4.78, 5) is 18.0. The van der Waals surface area contributed by atoms with E-state index < -0.39 is 0 Å². The van der Waals surface area contributed by atoms with Gasteiger partial charge in [0.15, 0.2) is 0 Å². The number of hydrogen-bond donors (Lipinski definition) is 1. The van der Waals surface area contributed by atoms with Crippen molar-refractivity contribution in [3.8, 4) is 0 Å². The van der Waals surface area contributed by atoms with Gasteiger partial charge in [0, 0.05) is 31.6 Å². The van der Waals surface area contributed by atoms with Crippen LogP contribution in [0.3, 0.4) is 0 Å². The van der Waals surface area contributed by atoms with Crippen molar-refractivity contribution in [2.45, 2.75) is 13.5 Å². The zero-order valence-corrected chi connectivity index (χ0v) is 12.9. The first-order valence-electron chi connectivity index (χ1n) is 7.33. The first-order chi connectivity index (χ1) is 11.1. The largest absolute Gasteiger partial charge is 0.395 e. The van der Waals surface area contributed by atoms with Gasteiger partial charge in [-0.25, -0.2) is 4.39 Å². The van der Waals surface area contributed by atoms with E-state index in [-0.39, 0.29) is 24.9 Å². The summed E-state index contributed by atoms with van der Waals surface area (Å²) in [6.45, 7) is 2.29. The van der Waals surface area contributed by atoms with Gasteiger partial charge in [-0.1, -0.05) is 18.2 Å². The molecule has 1 aromatic heterocycles. The van der Waals surface area contributed by atoms with Gasteiger partial charge in [0.05, 0.1) is 6.61 Å². The highest BCUT2D eigenvalue weighted by Crippen LogP contribution is 2.15. The Morgan fingerprint density at radius 2 is 2.04 bits per heavy atom. The maximum atomic E-state index is 13.0. The molecule has 0 aliphatic rings. The Morgan fingerprint density at radius 1 is 1.30 bits per heavy atom. The Morgan fingerprint density at radius 3 is 2.65 bits per heavy atom. The zero-order chi connectivity index (χ0) is 16.7. The van der Waals surface area contributed by atoms with Crippen LogP contribution >= 0.6 is 0 Å². The average molecular weight is 314 g/mol. The van der Waals surface area contributed by atoms with Gasteiger partial charge in [-0.05, 0) is 41.8 Å². The summed E-state index contributed by atoms with van der Waals surface area (Å²) in [6, 6.07) is 9.66. The van der Waals surface area contributed by atoms with Gasteiger partial charge in [0.1, 0.15) is 5.82 Å². The number of pyridine rings is 1. The number of rotatable bonds is 6. The summed E-state index contributed by atoms with van der Waals surface area (Å²) in [5.41, 5.74) is 2.41. The lowest BCUT2D eigenvalue weighted by atomic mass is 10.1. The highest BCUT2D eigenvalue weighted by atomic mass is 19.1. The van der Waals surface area contributed by atoms with Crippen LogP contribution in [0.25, 0.3) is 5.57 Å². The van der Waals surface area contributed by atoms with Crippen LogP contribution in [-0.2, 0) is 11.3 Å². The van der Waals surface area contributed by atoms with Crippen LogP contribution < -0.4 is 0 Å². The summed E-state index contributed by atoms with van der Waals surface area (Å²) >= 11 is 0. The maximum absolute atomic E-state index is 13.0. The van der Waals surface area contributed by atoms with Crippen molar-refractivity contribution in [2.24, 2.45) is 0 Å². The number of carbonyl (C=O) groups excluding carboxylic acids is 1. The third kappa shape index (κ3) is 5.00. The molecule has 23 heavy (non-hydrogen) atoms. The lowest BCUT2D eigenvalue weighted by Crippen LogP contribution is -2.31. The molecule has 4 nitrogen and oxygen atoms in total. The third-order valence-electron chi connectivity index (χ3n) is 3.42. The number of aliphatic hydroxyl groups is 1. The van der Waals surface area contributed by atoms with E-state index in [1.54, 1.807) is 42.4 Å². The van der Waals surface area contributed by atoms with E-state index in [0.717, 1.165) is 16.7 Å². The standard InChI is InChI=1S/C18H19FN2O2/c1-14(16-4-6-17(19)7-5-16)11-18(23)21(9-10-22)13-15-3-2-8-20-12-15/h2-8,11-12,22H,9-10,13H2,1H3/b14-11-. The van der Waals surface area contributed by atoms with Crippen molar-refractivity contribution in [1.82, 2.24) is 9.88 Å². The Balaban J connectivity index is 2.13. The van der Waals surface area contributed by atoms with Crippen molar-refractivity contribution in [3.05, 3.63) is 71.8 Å². The number of allylic oxidation sites excluding steroid dienone is 1. The van der Waals surface area contributed by atoms with Crippen LogP contribution in [0, 0.1) is 5.82 Å². The van der Waals surface area contributed by atoms with E-state index in [1.807, 2.05) is 6.07 Å². The summed E-state index contributed by atoms with van der Waals surface area (Å²) in [6.07, 6.45) is 4.85. The van der Waals surface area contributed by atoms with E-state index in [2.05, 4.69) is 4.98 Å². The van der Waals surface area contributed by atoms with Gasteiger partial charge in [0.2, 0.25) is 5.91 Å². The molecule has 1 N–H and O–H groups in total. The molecular weight excluding hydrogens is 295 g/mol. The van der Waals surface area contributed by atoms with E-state index in [0.29, 0.717) is 6.54 Å². The molecule has 0 fully saturated rings. The van der Waals surface area contributed by atoms with Crippen molar-refractivity contribution in [3.63, 3.8) is 0 Å². The van der Waals surface area contributed by atoms with Crippen LogP contribution in [0.4, 0.5) is 4.39 Å². The maximum Gasteiger partial charge on any atom is 0.247 e. The van der Waals surface area contributed by atoms with Crippen LogP contribution in [0.15, 0.2) is 54.9 Å². The number of aromatic nitrogens is 1. The number of carbonyl (C=O) groups is 1. The molecule has 5 heteroatoms. The molecule has 0 aliphatic heterocycles. The number of amides is 1. The van der Waals surface area contributed by atoms with Crippen molar-refractivity contribution in [1.29, 1.82) is 0 Å². The fraction of sp³-hybridized carbons (Fsp3) is 0.222. The summed E-state index contributed by atoms with van der Waals surface area (Å²) < 4.78 is 13.0. The predicted molar refractivity (Wildman–Crippen MR) is 86.8 cm³/mol. The van der Waals surface area contributed by atoms with E-state index in [9.17, 15) is 14.3 Å². The van der Waals surface area contributed by atoms with Crippen molar-refractivity contribution in [2.75, 3.05) is 13.2 Å². The molecule has 120 valence electrons. The van der Waals surface area contributed by atoms with Gasteiger partial charge in [-0.2, -0.15) is 0 Å². The summed E-state index contributed by atoms with van der Waals surface area (Å²) in [7, 11) is 0. The molecule has 0 atom stereocenters. The number of benzene rings is 1. The minimum atomic E-state index is -0.314. The van der Waals surface area contributed by atoms with Gasteiger partial charge < -0.3 is 10.0 Å². The second-order valence-corrected chi connectivity index (χ2v) is 5.18. The van der Waals surface area contributed by atoms with E-state index in [4.69, 9.17) is 0 Å². The highest BCUT2D eigenvalue weighted by molar-refractivity contribution is 5.94. The average Bonchev–Trinajstić information content (AvgIpc) is 2.56. The quantitative estimate of drug-likeness (QED) is 0.834. The predicted octanol–water partition coefficient (Wildman–Crippen LogP) is 2.65. The molecule has 1 heterocycles. The lowest BCUT2D eigenvalue weighted by Gasteiger charge is -2.20. The van der Waals surface area contributed by atoms with Crippen molar-refractivity contribution < 1.29 is 14.3 Å². The number of nitrogens with zero attached hydrogens (tertiary/aromatic N) is 2. The van der Waals surface area contributed by atoms with Crippen LogP contribution in [0.2, 0.25) is 0 Å². The van der Waals surface area contributed by atoms with Gasteiger partial charge in [-0.15, -0.1) is 0 Å². The molecule has 0 bridgehead atoms. The molecule has 1 amide bonds. The fourth-order valence-corrected chi connectivity index (χ4v) is 2.17. The molecule has 1 aromatic carbocycles. The van der Waals surface area contributed by atoms with Crippen molar-refractivity contribution >= 4 is 11.5 Å². The molecule has 0 aliphatic carbocycles. The smallest absolute Gasteiger partial charge is 0.247 e. The van der Waals surface area contributed by atoms with Crippen LogP contribution in [0.1, 0.15) is 18.1 Å². The lowest BCUT2D eigenvalue weighted by molar-refractivity contribution is -0.127. The Bertz CT molecular complexity index is 669. The monoisotopic (exact) mass is 314 g/mol. The highest BCUT2D eigenvalue weighted by Gasteiger charge is 2.12. The molecule has 0 saturated heterocycles. The van der Waals surface area contributed by atoms with E-state index in [1.165, 1.54) is 18.2 Å². The SMILES string of the molecule is C/C(=C/C(=O)N(CCO)Cc1cccnc1)c1ccc(F)cc1. The third-order valence-corrected chi connectivity index (χ3v) is 3.42. The first-order valence-corrected chi connectivity index (χ1v) is 7.33. The molecule has 0 saturated carbocycles. The van der Waals surface area contributed by atoms with Gasteiger partial charge in [-0.3, -0.25) is 9.78 Å². The second kappa shape index (κ2) is 8.19. The Kier molecular flexibility index (Phi) is 6.00. The van der Waals surface area contributed by atoms with Gasteiger partial charge >= 0.3 is 0 Å². The number of halogens is 1. The minimum Gasteiger partial charge on any atom is -0.395 e. The van der Waals surface area contributed by atoms with Crippen LogP contribution in [0.5, 0.6) is 0 Å². The number of hydrogen-bond acceptors (Lipinski definition) is 3. The molecule has 2 rings (SSSR count). The molecule has 0 radical (unpaired) electrons. The fourth-order valence-electron chi connectivity index (χ4n) is 2.17. The topological polar surface area (TPSA) is 53.4 Å². The second-order valence-electron chi connectivity index (χ2n) is 5.18. The van der Waals surface area contributed by atoms with Gasteiger partial charge in [0.25, 0.3) is 0 Å². The molecule has 2 aromatic rings. The Labute approximate surface area is 134 Å². The normalized spacial score (nSPS) is 11.3. The zero-order valence-electron chi connectivity index (χ0n) is 12.9. The van der Waals surface area contributed by atoms with E-state index >= 15 is 0 Å². The summed E-state index contributed by atoms with van der Waals surface area (Å²) in [5, 5.41) is 9.17.